The van der Waals surface area contributed by atoms with Gasteiger partial charge in [-0.1, -0.05) is 63.8 Å². The molecule has 0 aliphatic carbocycles. The zero-order valence-corrected chi connectivity index (χ0v) is 33.4. The van der Waals surface area contributed by atoms with Gasteiger partial charge < -0.3 is 30.0 Å². The first-order valence-electron chi connectivity index (χ1n) is 18.1. The summed E-state index contributed by atoms with van der Waals surface area (Å²) in [5, 5.41) is 17.6. The Hall–Kier alpha value is -3.69. The van der Waals surface area contributed by atoms with Crippen LogP contribution in [0.4, 0.5) is 0 Å². The molecule has 6 atom stereocenters. The molecule has 0 saturated carbocycles. The van der Waals surface area contributed by atoms with Gasteiger partial charge in [0.1, 0.15) is 18.1 Å². The lowest BCUT2D eigenvalue weighted by molar-refractivity contribution is -0.150. The van der Waals surface area contributed by atoms with E-state index in [2.05, 4.69) is 35.7 Å². The van der Waals surface area contributed by atoms with Gasteiger partial charge in [-0.25, -0.2) is 5.43 Å². The third-order valence-corrected chi connectivity index (χ3v) is 10.7. The Labute approximate surface area is 309 Å². The largest absolute Gasteiger partial charge is 0.468 e. The highest BCUT2D eigenvalue weighted by atomic mass is 28.3. The molecule has 13 nitrogen and oxygen atoms in total. The van der Waals surface area contributed by atoms with Gasteiger partial charge in [-0.2, -0.15) is 0 Å². The molecule has 1 aromatic carbocycles. The molecular formula is C38H59N5O8Si. The van der Waals surface area contributed by atoms with E-state index < -0.39 is 67.7 Å². The number of aliphatic hydroxyl groups is 1. The van der Waals surface area contributed by atoms with E-state index in [0.717, 1.165) is 22.5 Å². The number of hydrogen-bond acceptors (Lipinski definition) is 10. The summed E-state index contributed by atoms with van der Waals surface area (Å²) in [6.07, 6.45) is 3.45. The van der Waals surface area contributed by atoms with Gasteiger partial charge >= 0.3 is 5.97 Å². The van der Waals surface area contributed by atoms with Crippen LogP contribution in [0.1, 0.15) is 71.7 Å². The van der Waals surface area contributed by atoms with Gasteiger partial charge in [0, 0.05) is 26.6 Å². The molecule has 3 amide bonds. The number of rotatable bonds is 17. The molecule has 0 spiro atoms. The maximum Gasteiger partial charge on any atom is 0.324 e. The van der Waals surface area contributed by atoms with Crippen LogP contribution in [-0.4, -0.2) is 98.1 Å². The highest BCUT2D eigenvalue weighted by molar-refractivity contribution is 6.76. The van der Waals surface area contributed by atoms with E-state index in [1.165, 1.54) is 12.1 Å². The normalized spacial score (nSPS) is 18.8. The fourth-order valence-corrected chi connectivity index (χ4v) is 6.43. The van der Waals surface area contributed by atoms with Crippen molar-refractivity contribution in [2.24, 2.45) is 11.3 Å². The molecule has 1 aromatic heterocycles. The summed E-state index contributed by atoms with van der Waals surface area (Å²) in [6, 6.07) is 8.05. The van der Waals surface area contributed by atoms with E-state index in [4.69, 9.17) is 19.2 Å². The van der Waals surface area contributed by atoms with Gasteiger partial charge in [0.05, 0.1) is 36.4 Å². The molecule has 288 valence electrons. The lowest BCUT2D eigenvalue weighted by Crippen LogP contribution is -2.61. The SMILES string of the molecule is COC(=O)[C@@H]1CCCN(C(=O)[C@H](C)NC(=O)[C@@H](NC(=O)C(C)(/C=C/c2ccc3ccc([C@@H](C)OC(C)O)nc3c2)COCC[Si](C)(C)C)C(C)C)N1. The van der Waals surface area contributed by atoms with E-state index in [1.54, 1.807) is 26.8 Å². The Bertz CT molecular complexity index is 1580. The number of aromatic nitrogens is 1. The molecule has 1 aliphatic heterocycles. The summed E-state index contributed by atoms with van der Waals surface area (Å²) in [6.45, 7) is 18.1. The Balaban J connectivity index is 1.81. The maximum atomic E-state index is 14.1. The first-order valence-corrected chi connectivity index (χ1v) is 21.8. The monoisotopic (exact) mass is 741 g/mol. The fraction of sp³-hybridized carbons (Fsp3) is 0.605. The number of pyridine rings is 1. The van der Waals surface area contributed by atoms with Crippen molar-refractivity contribution in [1.82, 2.24) is 26.1 Å². The number of amides is 3. The summed E-state index contributed by atoms with van der Waals surface area (Å²) < 4.78 is 16.4. The third kappa shape index (κ3) is 12.5. The molecule has 2 unspecified atom stereocenters. The number of esters is 1. The molecule has 1 aliphatic rings. The lowest BCUT2D eigenvalue weighted by atomic mass is 9.88. The predicted octanol–water partition coefficient (Wildman–Crippen LogP) is 4.34. The second-order valence-corrected chi connectivity index (χ2v) is 21.1. The Morgan fingerprint density at radius 3 is 2.42 bits per heavy atom. The number of nitrogens with one attached hydrogen (secondary N) is 3. The summed E-state index contributed by atoms with van der Waals surface area (Å²) in [5.74, 6) is -2.06. The summed E-state index contributed by atoms with van der Waals surface area (Å²) in [7, 11) is -0.0952. The van der Waals surface area contributed by atoms with Gasteiger partial charge in [0.15, 0.2) is 6.29 Å². The Kier molecular flexibility index (Phi) is 15.5. The first-order chi connectivity index (χ1) is 24.3. The van der Waals surface area contributed by atoms with Crippen molar-refractivity contribution < 1.29 is 38.5 Å². The van der Waals surface area contributed by atoms with E-state index in [9.17, 15) is 24.3 Å². The van der Waals surface area contributed by atoms with Crippen LogP contribution in [0.2, 0.25) is 25.7 Å². The van der Waals surface area contributed by atoms with Crippen LogP contribution in [0.5, 0.6) is 0 Å². The quantitative estimate of drug-likeness (QED) is 0.0793. The number of benzene rings is 1. The molecule has 1 fully saturated rings. The minimum atomic E-state index is -1.39. The van der Waals surface area contributed by atoms with E-state index in [-0.39, 0.29) is 12.5 Å². The molecule has 4 N–H and O–H groups in total. The Morgan fingerprint density at radius 2 is 1.79 bits per heavy atom. The third-order valence-electron chi connectivity index (χ3n) is 9.02. The van der Waals surface area contributed by atoms with Crippen LogP contribution >= 0.6 is 0 Å². The minimum absolute atomic E-state index is 0.0906. The van der Waals surface area contributed by atoms with Crippen LogP contribution < -0.4 is 16.1 Å². The molecule has 2 heterocycles. The van der Waals surface area contributed by atoms with Gasteiger partial charge in [-0.15, -0.1) is 0 Å². The number of carbonyl (C=O) groups is 4. The highest BCUT2D eigenvalue weighted by Crippen LogP contribution is 2.26. The zero-order valence-electron chi connectivity index (χ0n) is 32.4. The van der Waals surface area contributed by atoms with Gasteiger partial charge in [-0.05, 0) is 70.2 Å². The summed E-state index contributed by atoms with van der Waals surface area (Å²) in [5.41, 5.74) is 3.97. The molecule has 2 aromatic rings. The number of carbonyl (C=O) groups excluding carboxylic acids is 4. The van der Waals surface area contributed by atoms with E-state index in [0.29, 0.717) is 31.7 Å². The smallest absolute Gasteiger partial charge is 0.324 e. The van der Waals surface area contributed by atoms with Crippen molar-refractivity contribution in [1.29, 1.82) is 0 Å². The van der Waals surface area contributed by atoms with Crippen LogP contribution in [0.15, 0.2) is 36.4 Å². The predicted molar refractivity (Wildman–Crippen MR) is 203 cm³/mol. The van der Waals surface area contributed by atoms with Crippen molar-refractivity contribution in [2.75, 3.05) is 26.9 Å². The van der Waals surface area contributed by atoms with Gasteiger partial charge in [0.2, 0.25) is 11.8 Å². The molecular weight excluding hydrogens is 683 g/mol. The molecule has 0 radical (unpaired) electrons. The summed E-state index contributed by atoms with van der Waals surface area (Å²) >= 11 is 0. The van der Waals surface area contributed by atoms with Crippen molar-refractivity contribution in [2.45, 2.75) is 111 Å². The van der Waals surface area contributed by atoms with Crippen LogP contribution in [-0.2, 0) is 33.4 Å². The number of methoxy groups -OCH3 is 1. The highest BCUT2D eigenvalue weighted by Gasteiger charge is 2.37. The van der Waals surface area contributed by atoms with Gasteiger partial charge in [-0.3, -0.25) is 29.2 Å². The first kappa shape index (κ1) is 42.7. The minimum Gasteiger partial charge on any atom is -0.468 e. The maximum absolute atomic E-state index is 14.1. The van der Waals surface area contributed by atoms with E-state index >= 15 is 0 Å². The number of fused-ring (bicyclic) bond motifs is 1. The van der Waals surface area contributed by atoms with Crippen LogP contribution in [0.25, 0.3) is 17.0 Å². The average molecular weight is 742 g/mol. The van der Waals surface area contributed by atoms with Crippen LogP contribution in [0, 0.1) is 11.3 Å². The van der Waals surface area contributed by atoms with Crippen molar-refractivity contribution >= 4 is 48.7 Å². The average Bonchev–Trinajstić information content (AvgIpc) is 3.09. The molecule has 14 heteroatoms. The van der Waals surface area contributed by atoms with Crippen molar-refractivity contribution in [3.63, 3.8) is 0 Å². The number of hydrazine groups is 1. The standard InChI is InChI=1S/C38H59N5O8Si/c1-24(2)33(34(45)39-25(3)35(46)43-19-11-12-31(42-43)36(47)49-7)41-37(48)38(6,23-50-20-21-52(8,9)10)18-17-28-13-14-29-15-16-30(40-32(29)22-28)26(4)51-27(5)44/h13-18,22,24-27,31,33,42,44H,11-12,19-21,23H2,1-10H3,(H,39,45)(H,41,48)/b18-17+/t25-,26+,27?,31-,33-,38?/m0/s1. The molecule has 1 saturated heterocycles. The second-order valence-electron chi connectivity index (χ2n) is 15.4. The summed E-state index contributed by atoms with van der Waals surface area (Å²) in [4.78, 5) is 57.8. The Morgan fingerprint density at radius 1 is 1.10 bits per heavy atom. The molecule has 3 rings (SSSR count). The van der Waals surface area contributed by atoms with Gasteiger partial charge in [0.25, 0.3) is 5.91 Å². The number of ether oxygens (including phenoxy) is 3. The second kappa shape index (κ2) is 18.9. The zero-order chi connectivity index (χ0) is 38.8. The number of nitrogens with zero attached hydrogens (tertiary/aromatic N) is 2. The number of hydrogen-bond donors (Lipinski definition) is 4. The molecule has 52 heavy (non-hydrogen) atoms. The van der Waals surface area contributed by atoms with Crippen LogP contribution in [0.3, 0.4) is 0 Å². The van der Waals surface area contributed by atoms with Crippen molar-refractivity contribution in [3.05, 3.63) is 47.7 Å². The number of aliphatic hydroxyl groups excluding tert-OH is 1. The van der Waals surface area contributed by atoms with E-state index in [1.807, 2.05) is 57.2 Å². The lowest BCUT2D eigenvalue weighted by Gasteiger charge is -2.34. The molecule has 0 bridgehead atoms. The topological polar surface area (TPSA) is 168 Å². The fourth-order valence-electron chi connectivity index (χ4n) is 5.67. The van der Waals surface area contributed by atoms with Crippen molar-refractivity contribution in [3.8, 4) is 0 Å².